The lowest BCUT2D eigenvalue weighted by Gasteiger charge is -2.09. The van der Waals surface area contributed by atoms with E-state index in [9.17, 15) is 4.79 Å². The topological polar surface area (TPSA) is 55.1 Å². The molecule has 2 rings (SSSR count). The molecule has 3 N–H and O–H groups in total. The minimum absolute atomic E-state index is 0.119. The number of hydrogen-bond donors (Lipinski definition) is 2. The Morgan fingerprint density at radius 3 is 2.35 bits per heavy atom. The van der Waals surface area contributed by atoms with Crippen molar-refractivity contribution >= 4 is 11.6 Å². The molecule has 0 radical (unpaired) electrons. The maximum absolute atomic E-state index is 11.9. The van der Waals surface area contributed by atoms with Gasteiger partial charge in [0.05, 0.1) is 0 Å². The lowest BCUT2D eigenvalue weighted by molar-refractivity contribution is 0.102. The van der Waals surface area contributed by atoms with Gasteiger partial charge in [-0.05, 0) is 23.8 Å². The molecule has 0 aliphatic heterocycles. The van der Waals surface area contributed by atoms with Crippen LogP contribution < -0.4 is 11.1 Å². The van der Waals surface area contributed by atoms with Crippen molar-refractivity contribution in [3.63, 3.8) is 0 Å². The van der Waals surface area contributed by atoms with Gasteiger partial charge in [0.1, 0.15) is 0 Å². The average molecular weight is 226 g/mol. The van der Waals surface area contributed by atoms with Crippen LogP contribution in [0.5, 0.6) is 0 Å². The zero-order valence-corrected chi connectivity index (χ0v) is 9.39. The van der Waals surface area contributed by atoms with Gasteiger partial charge in [-0.1, -0.05) is 36.4 Å². The molecule has 2 aromatic rings. The van der Waals surface area contributed by atoms with Crippen molar-refractivity contribution in [3.8, 4) is 0 Å². The smallest absolute Gasteiger partial charge is 0.255 e. The molecule has 0 aliphatic carbocycles. The van der Waals surface area contributed by atoms with Gasteiger partial charge in [0.15, 0.2) is 0 Å². The summed E-state index contributed by atoms with van der Waals surface area (Å²) in [6.45, 7) is 0.408. The van der Waals surface area contributed by atoms with E-state index >= 15 is 0 Å². The summed E-state index contributed by atoms with van der Waals surface area (Å²) >= 11 is 0. The minimum Gasteiger partial charge on any atom is -0.326 e. The van der Waals surface area contributed by atoms with E-state index in [4.69, 9.17) is 5.73 Å². The molecule has 3 nitrogen and oxygen atoms in total. The summed E-state index contributed by atoms with van der Waals surface area (Å²) in [6, 6.07) is 16.6. The van der Waals surface area contributed by atoms with Crippen molar-refractivity contribution < 1.29 is 4.79 Å². The van der Waals surface area contributed by atoms with Crippen molar-refractivity contribution in [2.45, 2.75) is 6.54 Å². The van der Waals surface area contributed by atoms with E-state index in [0.717, 1.165) is 11.3 Å². The lowest BCUT2D eigenvalue weighted by atomic mass is 10.1. The Morgan fingerprint density at radius 2 is 1.65 bits per heavy atom. The Kier molecular flexibility index (Phi) is 3.52. The maximum Gasteiger partial charge on any atom is 0.255 e. The van der Waals surface area contributed by atoms with Crippen LogP contribution in [0, 0.1) is 0 Å². The van der Waals surface area contributed by atoms with Crippen LogP contribution in [0.3, 0.4) is 0 Å². The molecule has 17 heavy (non-hydrogen) atoms. The Labute approximate surface area is 100 Å². The third-order valence-electron chi connectivity index (χ3n) is 2.52. The first-order chi connectivity index (χ1) is 8.31. The third kappa shape index (κ3) is 2.71. The minimum atomic E-state index is -0.119. The molecule has 86 valence electrons. The van der Waals surface area contributed by atoms with E-state index in [1.54, 1.807) is 12.1 Å². The molecule has 0 aromatic heterocycles. The number of amides is 1. The fraction of sp³-hybridized carbons (Fsp3) is 0.0714. The van der Waals surface area contributed by atoms with Crippen LogP contribution in [0.25, 0.3) is 0 Å². The van der Waals surface area contributed by atoms with E-state index in [1.165, 1.54) is 0 Å². The van der Waals surface area contributed by atoms with Crippen molar-refractivity contribution in [2.75, 3.05) is 5.32 Å². The van der Waals surface area contributed by atoms with Crippen LogP contribution in [0.4, 0.5) is 5.69 Å². The quantitative estimate of drug-likeness (QED) is 0.844. The predicted molar refractivity (Wildman–Crippen MR) is 68.7 cm³/mol. The molecule has 1 amide bonds. The molecule has 2 aromatic carbocycles. The SMILES string of the molecule is NCc1ccccc1NC(=O)c1ccccc1. The number of para-hydroxylation sites is 1. The van der Waals surface area contributed by atoms with Gasteiger partial charge in [0, 0.05) is 17.8 Å². The summed E-state index contributed by atoms with van der Waals surface area (Å²) in [4.78, 5) is 11.9. The highest BCUT2D eigenvalue weighted by Gasteiger charge is 2.07. The molecule has 0 heterocycles. The molecular weight excluding hydrogens is 212 g/mol. The Morgan fingerprint density at radius 1 is 1.00 bits per heavy atom. The highest BCUT2D eigenvalue weighted by molar-refractivity contribution is 6.04. The molecular formula is C14H14N2O. The van der Waals surface area contributed by atoms with Crippen LogP contribution >= 0.6 is 0 Å². The van der Waals surface area contributed by atoms with Crippen molar-refractivity contribution in [3.05, 3.63) is 65.7 Å². The van der Waals surface area contributed by atoms with E-state index < -0.39 is 0 Å². The molecule has 0 aliphatic rings. The van der Waals surface area contributed by atoms with E-state index in [-0.39, 0.29) is 5.91 Å². The number of nitrogens with two attached hydrogens (primary N) is 1. The van der Waals surface area contributed by atoms with Crippen LogP contribution in [-0.2, 0) is 6.54 Å². The van der Waals surface area contributed by atoms with Crippen LogP contribution in [0.1, 0.15) is 15.9 Å². The number of nitrogens with one attached hydrogen (secondary N) is 1. The zero-order chi connectivity index (χ0) is 12.1. The number of hydrogen-bond acceptors (Lipinski definition) is 2. The number of rotatable bonds is 3. The Hall–Kier alpha value is -2.13. The van der Waals surface area contributed by atoms with Gasteiger partial charge >= 0.3 is 0 Å². The number of carbonyl (C=O) groups excluding carboxylic acids is 1. The van der Waals surface area contributed by atoms with Crippen molar-refractivity contribution in [1.29, 1.82) is 0 Å². The standard InChI is InChI=1S/C14H14N2O/c15-10-12-8-4-5-9-13(12)16-14(17)11-6-2-1-3-7-11/h1-9H,10,15H2,(H,16,17). The first-order valence-electron chi connectivity index (χ1n) is 5.45. The van der Waals surface area contributed by atoms with Crippen molar-refractivity contribution in [1.82, 2.24) is 0 Å². The highest BCUT2D eigenvalue weighted by atomic mass is 16.1. The number of benzene rings is 2. The van der Waals surface area contributed by atoms with Gasteiger partial charge in [-0.25, -0.2) is 0 Å². The molecule has 0 unspecified atom stereocenters. The number of carbonyl (C=O) groups is 1. The third-order valence-corrected chi connectivity index (χ3v) is 2.52. The first-order valence-corrected chi connectivity index (χ1v) is 5.45. The van der Waals surface area contributed by atoms with Gasteiger partial charge in [0.25, 0.3) is 5.91 Å². The lowest BCUT2D eigenvalue weighted by Crippen LogP contribution is -2.14. The van der Waals surface area contributed by atoms with Gasteiger partial charge < -0.3 is 11.1 Å². The van der Waals surface area contributed by atoms with Crippen LogP contribution in [-0.4, -0.2) is 5.91 Å². The Bertz CT molecular complexity index is 509. The molecule has 3 heteroatoms. The largest absolute Gasteiger partial charge is 0.326 e. The van der Waals surface area contributed by atoms with Gasteiger partial charge in [-0.15, -0.1) is 0 Å². The summed E-state index contributed by atoms with van der Waals surface area (Å²) in [5, 5.41) is 2.86. The summed E-state index contributed by atoms with van der Waals surface area (Å²) in [5.74, 6) is -0.119. The summed E-state index contributed by atoms with van der Waals surface area (Å²) in [7, 11) is 0. The first kappa shape index (κ1) is 11.4. The van der Waals surface area contributed by atoms with E-state index in [0.29, 0.717) is 12.1 Å². The highest BCUT2D eigenvalue weighted by Crippen LogP contribution is 2.15. The molecule has 0 saturated heterocycles. The monoisotopic (exact) mass is 226 g/mol. The normalized spacial score (nSPS) is 9.94. The number of anilines is 1. The van der Waals surface area contributed by atoms with E-state index in [2.05, 4.69) is 5.32 Å². The van der Waals surface area contributed by atoms with Gasteiger partial charge in [0.2, 0.25) is 0 Å². The van der Waals surface area contributed by atoms with Crippen molar-refractivity contribution in [2.24, 2.45) is 5.73 Å². The maximum atomic E-state index is 11.9. The fourth-order valence-corrected chi connectivity index (χ4v) is 1.60. The molecule has 0 bridgehead atoms. The molecule has 0 spiro atoms. The fourth-order valence-electron chi connectivity index (χ4n) is 1.60. The zero-order valence-electron chi connectivity index (χ0n) is 9.39. The second kappa shape index (κ2) is 5.27. The van der Waals surface area contributed by atoms with E-state index in [1.807, 2.05) is 42.5 Å². The molecule has 0 saturated carbocycles. The predicted octanol–water partition coefficient (Wildman–Crippen LogP) is 2.40. The second-order valence-corrected chi connectivity index (χ2v) is 3.68. The van der Waals surface area contributed by atoms with Crippen LogP contribution in [0.2, 0.25) is 0 Å². The molecule has 0 fully saturated rings. The summed E-state index contributed by atoms with van der Waals surface area (Å²) < 4.78 is 0. The Balaban J connectivity index is 2.19. The van der Waals surface area contributed by atoms with Crippen LogP contribution in [0.15, 0.2) is 54.6 Å². The second-order valence-electron chi connectivity index (χ2n) is 3.68. The summed E-state index contributed by atoms with van der Waals surface area (Å²) in [6.07, 6.45) is 0. The van der Waals surface area contributed by atoms with Gasteiger partial charge in [-0.3, -0.25) is 4.79 Å². The average Bonchev–Trinajstić information content (AvgIpc) is 2.40. The summed E-state index contributed by atoms with van der Waals surface area (Å²) in [5.41, 5.74) is 7.95. The molecule has 0 atom stereocenters. The van der Waals surface area contributed by atoms with Gasteiger partial charge in [-0.2, -0.15) is 0 Å².